The molecule has 73 valence electrons. The Labute approximate surface area is 84.8 Å². The van der Waals surface area contributed by atoms with E-state index in [9.17, 15) is 5.11 Å². The Hall–Kier alpha value is -0.820. The van der Waals surface area contributed by atoms with Crippen molar-refractivity contribution in [3.63, 3.8) is 0 Å². The smallest absolute Gasteiger partial charge is 0.134 e. The average molecular weight is 187 g/mol. The van der Waals surface area contributed by atoms with Crippen molar-refractivity contribution < 1.29 is 5.11 Å². The third-order valence-electron chi connectivity index (χ3n) is 3.59. The minimum absolute atomic E-state index is 0.428. The van der Waals surface area contributed by atoms with Crippen molar-refractivity contribution in [2.75, 3.05) is 0 Å². The summed E-state index contributed by atoms with van der Waals surface area (Å²) >= 11 is 0. The Morgan fingerprint density at radius 3 is 1.86 bits per heavy atom. The van der Waals surface area contributed by atoms with E-state index in [0.29, 0.717) is 11.8 Å². The van der Waals surface area contributed by atoms with Crippen molar-refractivity contribution in [2.24, 2.45) is 11.8 Å². The van der Waals surface area contributed by atoms with Crippen LogP contribution in [0.3, 0.4) is 0 Å². The molecule has 0 unspecified atom stereocenters. The molecule has 2 fully saturated rings. The molecule has 2 saturated carbocycles. The normalized spacial score (nSPS) is 22.4. The first-order valence-electron chi connectivity index (χ1n) is 5.58. The van der Waals surface area contributed by atoms with Crippen LogP contribution in [0.2, 0.25) is 0 Å². The van der Waals surface area contributed by atoms with E-state index in [1.807, 2.05) is 30.3 Å². The molecule has 0 heterocycles. The largest absolute Gasteiger partial charge is 0.224 e. The van der Waals surface area contributed by atoms with E-state index in [-0.39, 0.29) is 0 Å². The minimum Gasteiger partial charge on any atom is -0.224 e. The fourth-order valence-electron chi connectivity index (χ4n) is 2.53. The summed E-state index contributed by atoms with van der Waals surface area (Å²) in [4.78, 5) is 0. The lowest BCUT2D eigenvalue weighted by atomic mass is 9.84. The Kier molecular flexibility index (Phi) is 1.72. The van der Waals surface area contributed by atoms with E-state index >= 15 is 0 Å². The quantitative estimate of drug-likeness (QED) is 0.692. The summed E-state index contributed by atoms with van der Waals surface area (Å²) in [6.45, 7) is 0. The molecule has 1 radical (unpaired) electrons. The van der Waals surface area contributed by atoms with Crippen LogP contribution in [-0.4, -0.2) is 0 Å². The van der Waals surface area contributed by atoms with Gasteiger partial charge in [-0.1, -0.05) is 30.3 Å². The van der Waals surface area contributed by atoms with E-state index in [1.165, 1.54) is 0 Å². The second-order valence-electron chi connectivity index (χ2n) is 4.71. The van der Waals surface area contributed by atoms with Crippen LogP contribution in [0.15, 0.2) is 30.3 Å². The zero-order valence-electron chi connectivity index (χ0n) is 8.28. The van der Waals surface area contributed by atoms with Crippen LogP contribution in [0.5, 0.6) is 0 Å². The van der Waals surface area contributed by atoms with Gasteiger partial charge in [0.1, 0.15) is 5.60 Å². The molecule has 0 aromatic heterocycles. The molecule has 0 amide bonds. The van der Waals surface area contributed by atoms with Gasteiger partial charge in [-0.2, -0.15) is 0 Å². The van der Waals surface area contributed by atoms with Crippen LogP contribution in [0.1, 0.15) is 31.2 Å². The highest BCUT2D eigenvalue weighted by Gasteiger charge is 2.55. The van der Waals surface area contributed by atoms with Crippen molar-refractivity contribution in [3.8, 4) is 0 Å². The number of benzene rings is 1. The third-order valence-corrected chi connectivity index (χ3v) is 3.59. The summed E-state index contributed by atoms with van der Waals surface area (Å²) in [5, 5.41) is 12.8. The third kappa shape index (κ3) is 1.19. The van der Waals surface area contributed by atoms with E-state index in [0.717, 1.165) is 31.2 Å². The summed E-state index contributed by atoms with van der Waals surface area (Å²) in [5.41, 5.74) is 0.298. The maximum atomic E-state index is 12.8. The number of hydrogen-bond donors (Lipinski definition) is 0. The standard InChI is InChI=1S/C13H15O/c14-13(11-6-7-11,12-8-9-12)10-4-2-1-3-5-10/h1-5,11-12H,6-9H2. The molecule has 3 rings (SSSR count). The van der Waals surface area contributed by atoms with Crippen LogP contribution in [0.25, 0.3) is 0 Å². The van der Waals surface area contributed by atoms with Gasteiger partial charge in [-0.3, -0.25) is 0 Å². The molecule has 14 heavy (non-hydrogen) atoms. The van der Waals surface area contributed by atoms with Gasteiger partial charge < -0.3 is 0 Å². The van der Waals surface area contributed by atoms with Crippen molar-refractivity contribution in [1.82, 2.24) is 0 Å². The van der Waals surface area contributed by atoms with Crippen molar-refractivity contribution in [2.45, 2.75) is 31.3 Å². The highest BCUT2D eigenvalue weighted by molar-refractivity contribution is 5.27. The first-order chi connectivity index (χ1) is 6.82. The summed E-state index contributed by atoms with van der Waals surface area (Å²) in [7, 11) is 0. The van der Waals surface area contributed by atoms with Gasteiger partial charge in [0.2, 0.25) is 0 Å². The summed E-state index contributed by atoms with van der Waals surface area (Å²) in [6, 6.07) is 10.0. The summed E-state index contributed by atoms with van der Waals surface area (Å²) < 4.78 is 0. The first kappa shape index (κ1) is 8.49. The Balaban J connectivity index is 1.98. The van der Waals surface area contributed by atoms with Gasteiger partial charge in [-0.25, -0.2) is 5.11 Å². The molecule has 1 heteroatoms. The predicted molar refractivity (Wildman–Crippen MR) is 54.3 cm³/mol. The molecule has 2 aliphatic carbocycles. The van der Waals surface area contributed by atoms with Gasteiger partial charge in [0, 0.05) is 0 Å². The zero-order chi connectivity index (χ0) is 9.60. The summed E-state index contributed by atoms with van der Waals surface area (Å²) in [5.74, 6) is 0.856. The highest BCUT2D eigenvalue weighted by Crippen LogP contribution is 2.57. The van der Waals surface area contributed by atoms with Crippen molar-refractivity contribution in [1.29, 1.82) is 0 Å². The highest BCUT2D eigenvalue weighted by atomic mass is 16.3. The van der Waals surface area contributed by atoms with Crippen LogP contribution in [-0.2, 0) is 10.7 Å². The Morgan fingerprint density at radius 1 is 0.929 bits per heavy atom. The monoisotopic (exact) mass is 187 g/mol. The molecule has 0 N–H and O–H groups in total. The van der Waals surface area contributed by atoms with E-state index in [1.54, 1.807) is 0 Å². The zero-order valence-corrected chi connectivity index (χ0v) is 8.28. The van der Waals surface area contributed by atoms with Crippen molar-refractivity contribution in [3.05, 3.63) is 35.9 Å². The predicted octanol–water partition coefficient (Wildman–Crippen LogP) is 3.13. The van der Waals surface area contributed by atoms with Crippen LogP contribution in [0.4, 0.5) is 0 Å². The maximum Gasteiger partial charge on any atom is 0.134 e. The fourth-order valence-corrected chi connectivity index (χ4v) is 2.53. The Morgan fingerprint density at radius 2 is 1.43 bits per heavy atom. The lowest BCUT2D eigenvalue weighted by molar-refractivity contribution is -0.0752. The van der Waals surface area contributed by atoms with Gasteiger partial charge >= 0.3 is 0 Å². The van der Waals surface area contributed by atoms with Crippen LogP contribution >= 0.6 is 0 Å². The molecule has 1 nitrogen and oxygen atoms in total. The molecular formula is C13H15O. The van der Waals surface area contributed by atoms with Crippen LogP contribution < -0.4 is 0 Å². The lowest BCUT2D eigenvalue weighted by Gasteiger charge is -2.25. The van der Waals surface area contributed by atoms with Gasteiger partial charge in [-0.05, 0) is 43.1 Å². The maximum absolute atomic E-state index is 12.8. The molecule has 0 saturated heterocycles. The van der Waals surface area contributed by atoms with Crippen molar-refractivity contribution >= 4 is 0 Å². The number of rotatable bonds is 3. The number of hydrogen-bond acceptors (Lipinski definition) is 0. The topological polar surface area (TPSA) is 19.9 Å². The molecule has 0 spiro atoms. The van der Waals surface area contributed by atoms with E-state index in [2.05, 4.69) is 0 Å². The van der Waals surface area contributed by atoms with E-state index in [4.69, 9.17) is 0 Å². The molecular weight excluding hydrogens is 172 g/mol. The molecule has 0 aliphatic heterocycles. The molecule has 1 aromatic carbocycles. The lowest BCUT2D eigenvalue weighted by Crippen LogP contribution is -2.29. The average Bonchev–Trinajstić information content (AvgIpc) is 3.06. The van der Waals surface area contributed by atoms with Gasteiger partial charge in [0.25, 0.3) is 0 Å². The van der Waals surface area contributed by atoms with Crippen LogP contribution in [0, 0.1) is 11.8 Å². The van der Waals surface area contributed by atoms with Gasteiger partial charge in [0.15, 0.2) is 0 Å². The second kappa shape index (κ2) is 2.83. The molecule has 0 bridgehead atoms. The Bertz CT molecular complexity index is 310. The van der Waals surface area contributed by atoms with Gasteiger partial charge in [-0.15, -0.1) is 0 Å². The minimum atomic E-state index is -0.735. The SMILES string of the molecule is [O]C(c1ccccc1)(C1CC1)C1CC1. The van der Waals surface area contributed by atoms with E-state index < -0.39 is 5.60 Å². The molecule has 2 aliphatic rings. The van der Waals surface area contributed by atoms with Gasteiger partial charge in [0.05, 0.1) is 0 Å². The fraction of sp³-hybridized carbons (Fsp3) is 0.538. The molecule has 0 atom stereocenters. The molecule has 1 aromatic rings. The second-order valence-corrected chi connectivity index (χ2v) is 4.71. The summed E-state index contributed by atoms with van der Waals surface area (Å²) in [6.07, 6.45) is 4.59. The first-order valence-corrected chi connectivity index (χ1v) is 5.58.